The maximum Gasteiger partial charge on any atom is 0.0440 e. The molecule has 1 fully saturated rings. The van der Waals surface area contributed by atoms with Gasteiger partial charge in [-0.3, -0.25) is 4.90 Å². The summed E-state index contributed by atoms with van der Waals surface area (Å²) in [5, 5.41) is 9.53. The largest absolute Gasteiger partial charge is 0.396 e. The van der Waals surface area contributed by atoms with Crippen LogP contribution in [0.2, 0.25) is 0 Å². The van der Waals surface area contributed by atoms with E-state index < -0.39 is 0 Å². The molecule has 0 unspecified atom stereocenters. The van der Waals surface area contributed by atoms with E-state index in [9.17, 15) is 5.11 Å². The maximum atomic E-state index is 9.53. The van der Waals surface area contributed by atoms with Crippen molar-refractivity contribution in [3.8, 4) is 0 Å². The Balaban J connectivity index is 1.59. The normalized spacial score (nSPS) is 27.0. The van der Waals surface area contributed by atoms with Gasteiger partial charge in [-0.1, -0.05) is 54.6 Å². The molecule has 4 rings (SSSR count). The summed E-state index contributed by atoms with van der Waals surface area (Å²) in [4.78, 5) is 2.55. The molecule has 0 saturated carbocycles. The molecular formula is C19H21NO. The summed E-state index contributed by atoms with van der Waals surface area (Å²) in [5.74, 6) is 0.601. The standard InChI is InChI=1S/C19H21NO/c21-11-10-19-14-20(12-15-6-2-1-3-7-15)13-18(19)16-8-4-5-9-17(16)19/h1-9,18,21H,10-14H2/t18-,19+/m0/s1. The van der Waals surface area contributed by atoms with Crippen molar-refractivity contribution in [3.05, 3.63) is 71.3 Å². The fourth-order valence-electron chi connectivity index (χ4n) is 4.40. The summed E-state index contributed by atoms with van der Waals surface area (Å²) < 4.78 is 0. The van der Waals surface area contributed by atoms with Gasteiger partial charge in [0.2, 0.25) is 0 Å². The number of nitrogens with zero attached hydrogens (tertiary/aromatic N) is 1. The van der Waals surface area contributed by atoms with Gasteiger partial charge < -0.3 is 5.11 Å². The zero-order valence-electron chi connectivity index (χ0n) is 12.2. The fraction of sp³-hybridized carbons (Fsp3) is 0.368. The Bertz CT molecular complexity index is 639. The molecule has 0 bridgehead atoms. The van der Waals surface area contributed by atoms with E-state index in [1.165, 1.54) is 16.7 Å². The van der Waals surface area contributed by atoms with Gasteiger partial charge in [0.1, 0.15) is 0 Å². The van der Waals surface area contributed by atoms with E-state index in [4.69, 9.17) is 0 Å². The van der Waals surface area contributed by atoms with Gasteiger partial charge in [-0.25, -0.2) is 0 Å². The molecule has 1 heterocycles. The van der Waals surface area contributed by atoms with Crippen LogP contribution in [0.15, 0.2) is 54.6 Å². The predicted molar refractivity (Wildman–Crippen MR) is 84.3 cm³/mol. The Morgan fingerprint density at radius 1 is 1.05 bits per heavy atom. The first-order chi connectivity index (χ1) is 10.3. The highest BCUT2D eigenvalue weighted by Crippen LogP contribution is 2.57. The molecule has 2 nitrogen and oxygen atoms in total. The zero-order valence-corrected chi connectivity index (χ0v) is 12.2. The van der Waals surface area contributed by atoms with Crippen molar-refractivity contribution in [1.82, 2.24) is 4.90 Å². The molecule has 1 N–H and O–H groups in total. The molecule has 2 atom stereocenters. The molecule has 1 saturated heterocycles. The Hall–Kier alpha value is -1.64. The van der Waals surface area contributed by atoms with Crippen LogP contribution in [0.25, 0.3) is 0 Å². The molecule has 2 aliphatic rings. The minimum Gasteiger partial charge on any atom is -0.396 e. The van der Waals surface area contributed by atoms with Gasteiger partial charge in [0.15, 0.2) is 0 Å². The lowest BCUT2D eigenvalue weighted by Gasteiger charge is -2.46. The lowest BCUT2D eigenvalue weighted by Crippen LogP contribution is -2.44. The zero-order chi connectivity index (χ0) is 14.3. The van der Waals surface area contributed by atoms with E-state index in [0.29, 0.717) is 5.92 Å². The van der Waals surface area contributed by atoms with Crippen molar-refractivity contribution >= 4 is 0 Å². The number of aliphatic hydroxyl groups excluding tert-OH is 1. The third-order valence-corrected chi connectivity index (χ3v) is 5.29. The molecule has 0 radical (unpaired) electrons. The van der Waals surface area contributed by atoms with Crippen molar-refractivity contribution in [2.24, 2.45) is 0 Å². The quantitative estimate of drug-likeness (QED) is 0.930. The third-order valence-electron chi connectivity index (χ3n) is 5.29. The summed E-state index contributed by atoms with van der Waals surface area (Å²) in [6, 6.07) is 19.5. The topological polar surface area (TPSA) is 23.5 Å². The van der Waals surface area contributed by atoms with Crippen LogP contribution in [0.4, 0.5) is 0 Å². The van der Waals surface area contributed by atoms with E-state index in [0.717, 1.165) is 26.1 Å². The molecule has 108 valence electrons. The van der Waals surface area contributed by atoms with E-state index in [1.807, 2.05) is 0 Å². The van der Waals surface area contributed by atoms with Crippen LogP contribution < -0.4 is 0 Å². The van der Waals surface area contributed by atoms with Gasteiger partial charge in [-0.15, -0.1) is 0 Å². The van der Waals surface area contributed by atoms with Crippen LogP contribution >= 0.6 is 0 Å². The van der Waals surface area contributed by atoms with Crippen LogP contribution in [0.5, 0.6) is 0 Å². The average Bonchev–Trinajstić information content (AvgIpc) is 2.82. The highest BCUT2D eigenvalue weighted by Gasteiger charge is 2.55. The van der Waals surface area contributed by atoms with E-state index in [2.05, 4.69) is 59.5 Å². The van der Waals surface area contributed by atoms with Crippen molar-refractivity contribution in [2.75, 3.05) is 19.7 Å². The number of fused-ring (bicyclic) bond motifs is 4. The average molecular weight is 279 g/mol. The highest BCUT2D eigenvalue weighted by molar-refractivity contribution is 5.52. The van der Waals surface area contributed by atoms with Gasteiger partial charge in [-0.2, -0.15) is 0 Å². The van der Waals surface area contributed by atoms with Crippen molar-refractivity contribution < 1.29 is 5.11 Å². The number of aliphatic hydroxyl groups is 1. The molecule has 0 spiro atoms. The maximum absolute atomic E-state index is 9.53. The SMILES string of the molecule is OCC[C@]12CN(Cc3ccccc3)C[C@H]1c1ccccc12. The van der Waals surface area contributed by atoms with Crippen molar-refractivity contribution in [1.29, 1.82) is 0 Å². The van der Waals surface area contributed by atoms with Crippen LogP contribution in [-0.2, 0) is 12.0 Å². The van der Waals surface area contributed by atoms with Crippen LogP contribution in [-0.4, -0.2) is 29.7 Å². The Morgan fingerprint density at radius 3 is 2.62 bits per heavy atom. The number of hydrogen-bond acceptors (Lipinski definition) is 2. The van der Waals surface area contributed by atoms with Crippen LogP contribution in [0.3, 0.4) is 0 Å². The third kappa shape index (κ3) is 1.94. The smallest absolute Gasteiger partial charge is 0.0440 e. The number of benzene rings is 2. The van der Waals surface area contributed by atoms with E-state index in [1.54, 1.807) is 0 Å². The number of rotatable bonds is 4. The summed E-state index contributed by atoms with van der Waals surface area (Å²) >= 11 is 0. The molecule has 1 aliphatic heterocycles. The summed E-state index contributed by atoms with van der Waals surface area (Å²) in [7, 11) is 0. The van der Waals surface area contributed by atoms with Gasteiger partial charge >= 0.3 is 0 Å². The molecule has 2 aromatic carbocycles. The lowest BCUT2D eigenvalue weighted by atomic mass is 9.56. The van der Waals surface area contributed by atoms with Crippen molar-refractivity contribution in [2.45, 2.75) is 24.3 Å². The first kappa shape index (κ1) is 13.1. The fourth-order valence-corrected chi connectivity index (χ4v) is 4.40. The second kappa shape index (κ2) is 4.97. The summed E-state index contributed by atoms with van der Waals surface area (Å²) in [6.45, 7) is 3.48. The van der Waals surface area contributed by atoms with Gasteiger partial charge in [0.25, 0.3) is 0 Å². The molecular weight excluding hydrogens is 258 g/mol. The minimum absolute atomic E-state index is 0.195. The molecule has 21 heavy (non-hydrogen) atoms. The van der Waals surface area contributed by atoms with Crippen molar-refractivity contribution in [3.63, 3.8) is 0 Å². The number of likely N-dealkylation sites (tertiary alicyclic amines) is 1. The minimum atomic E-state index is 0.195. The van der Waals surface area contributed by atoms with Gasteiger partial charge in [-0.05, 0) is 23.1 Å². The second-order valence-electron chi connectivity index (χ2n) is 6.42. The molecule has 1 aliphatic carbocycles. The monoisotopic (exact) mass is 279 g/mol. The second-order valence-corrected chi connectivity index (χ2v) is 6.42. The molecule has 2 heteroatoms. The lowest BCUT2D eigenvalue weighted by molar-refractivity contribution is 0.208. The number of hydrogen-bond donors (Lipinski definition) is 1. The highest BCUT2D eigenvalue weighted by atomic mass is 16.3. The van der Waals surface area contributed by atoms with Crippen LogP contribution in [0.1, 0.15) is 29.0 Å². The van der Waals surface area contributed by atoms with Gasteiger partial charge in [0, 0.05) is 37.6 Å². The van der Waals surface area contributed by atoms with Crippen LogP contribution in [0, 0.1) is 0 Å². The Labute approximate surface area is 126 Å². The van der Waals surface area contributed by atoms with E-state index in [-0.39, 0.29) is 12.0 Å². The molecule has 0 aromatic heterocycles. The Morgan fingerprint density at radius 2 is 1.81 bits per heavy atom. The summed E-state index contributed by atoms with van der Waals surface area (Å²) in [5.41, 5.74) is 4.54. The molecule has 2 aromatic rings. The van der Waals surface area contributed by atoms with E-state index >= 15 is 0 Å². The first-order valence-electron chi connectivity index (χ1n) is 7.80. The summed E-state index contributed by atoms with van der Waals surface area (Å²) in [6.07, 6.45) is 0.889. The molecule has 0 amide bonds. The predicted octanol–water partition coefficient (Wildman–Crippen LogP) is 2.92. The first-order valence-corrected chi connectivity index (χ1v) is 7.80. The van der Waals surface area contributed by atoms with Gasteiger partial charge in [0.05, 0.1) is 0 Å². The Kier molecular flexibility index (Phi) is 3.09.